The highest BCUT2D eigenvalue weighted by Crippen LogP contribution is 2.21. The van der Waals surface area contributed by atoms with Crippen molar-refractivity contribution in [2.24, 2.45) is 11.8 Å². The predicted octanol–water partition coefficient (Wildman–Crippen LogP) is 16.0. The minimum absolute atomic E-state index is 0.961. The molecule has 41 heavy (non-hydrogen) atoms. The average molecular weight is 577 g/mol. The Morgan fingerprint density at radius 3 is 0.537 bits per heavy atom. The minimum atomic E-state index is 0.961. The molecule has 0 rings (SSSR count). The number of rotatable bonds is 36. The monoisotopic (exact) mass is 577 g/mol. The van der Waals surface area contributed by atoms with Gasteiger partial charge in [-0.05, 0) is 11.8 Å². The van der Waals surface area contributed by atoms with Crippen molar-refractivity contribution < 1.29 is 0 Å². The van der Waals surface area contributed by atoms with Gasteiger partial charge in [-0.2, -0.15) is 0 Å². The van der Waals surface area contributed by atoms with Crippen LogP contribution in [0.3, 0.4) is 0 Å². The Morgan fingerprint density at radius 1 is 0.220 bits per heavy atom. The zero-order valence-corrected chi connectivity index (χ0v) is 29.9. The van der Waals surface area contributed by atoms with Crippen LogP contribution in [0.1, 0.15) is 252 Å². The maximum absolute atomic E-state index is 2.51. The van der Waals surface area contributed by atoms with Crippen molar-refractivity contribution in [3.05, 3.63) is 0 Å². The Labute approximate surface area is 263 Å². The molecule has 0 aliphatic heterocycles. The van der Waals surface area contributed by atoms with E-state index in [0.29, 0.717) is 0 Å². The van der Waals surface area contributed by atoms with Gasteiger partial charge in [0, 0.05) is 0 Å². The Hall–Kier alpha value is 0. The zero-order chi connectivity index (χ0) is 29.9. The van der Waals surface area contributed by atoms with Crippen molar-refractivity contribution in [3.8, 4) is 0 Å². The molecule has 0 aromatic heterocycles. The summed E-state index contributed by atoms with van der Waals surface area (Å²) in [6, 6.07) is 0. The molecular weight excluding hydrogens is 492 g/mol. The first-order valence-corrected chi connectivity index (χ1v) is 20.2. The van der Waals surface area contributed by atoms with Crippen LogP contribution in [0.2, 0.25) is 0 Å². The van der Waals surface area contributed by atoms with Crippen LogP contribution < -0.4 is 0 Å². The second kappa shape index (κ2) is 36.2. The quantitative estimate of drug-likeness (QED) is 0.0651. The van der Waals surface area contributed by atoms with Crippen LogP contribution >= 0.6 is 0 Å². The number of hydrogen-bond acceptors (Lipinski definition) is 0. The molecule has 0 heteroatoms. The summed E-state index contributed by atoms with van der Waals surface area (Å²) < 4.78 is 0. The van der Waals surface area contributed by atoms with Gasteiger partial charge in [0.15, 0.2) is 0 Å². The van der Waals surface area contributed by atoms with Gasteiger partial charge in [0.2, 0.25) is 0 Å². The maximum atomic E-state index is 2.51. The zero-order valence-electron chi connectivity index (χ0n) is 29.9. The molecule has 248 valence electrons. The molecule has 0 N–H and O–H groups in total. The molecule has 0 amide bonds. The summed E-state index contributed by atoms with van der Waals surface area (Å²) in [6.07, 6.45) is 51.6. The summed E-state index contributed by atoms with van der Waals surface area (Å²) >= 11 is 0. The molecule has 0 radical (unpaired) electrons. The normalized spacial score (nSPS) is 13.2. The second-order valence-corrected chi connectivity index (χ2v) is 14.6. The summed E-state index contributed by atoms with van der Waals surface area (Å²) in [4.78, 5) is 0. The molecule has 2 atom stereocenters. The van der Waals surface area contributed by atoms with Gasteiger partial charge in [-0.25, -0.2) is 0 Å². The van der Waals surface area contributed by atoms with Crippen molar-refractivity contribution in [1.82, 2.24) is 0 Å². The molecule has 0 saturated heterocycles. The smallest absolute Gasteiger partial charge is 0.0443 e. The minimum Gasteiger partial charge on any atom is -0.0654 e. The fourth-order valence-corrected chi connectivity index (χ4v) is 6.83. The van der Waals surface area contributed by atoms with Crippen molar-refractivity contribution in [3.63, 3.8) is 0 Å². The van der Waals surface area contributed by atoms with Crippen molar-refractivity contribution in [2.45, 2.75) is 252 Å². The van der Waals surface area contributed by atoms with Crippen LogP contribution in [0.4, 0.5) is 0 Å². The molecule has 0 spiro atoms. The van der Waals surface area contributed by atoms with E-state index in [1.165, 1.54) is 225 Å². The SMILES string of the molecule is CCCCCCCCCCCCCCCCCCC(C)CCCCCCCC(C)CCCCCCCCCCCC. The highest BCUT2D eigenvalue weighted by atomic mass is 14.1. The van der Waals surface area contributed by atoms with Gasteiger partial charge in [0.1, 0.15) is 0 Å². The van der Waals surface area contributed by atoms with Crippen molar-refractivity contribution in [2.75, 3.05) is 0 Å². The van der Waals surface area contributed by atoms with E-state index in [1.54, 1.807) is 0 Å². The van der Waals surface area contributed by atoms with Crippen LogP contribution in [0, 0.1) is 11.8 Å². The predicted molar refractivity (Wildman–Crippen MR) is 191 cm³/mol. The summed E-state index contributed by atoms with van der Waals surface area (Å²) in [6.45, 7) is 9.64. The second-order valence-electron chi connectivity index (χ2n) is 14.6. The van der Waals surface area contributed by atoms with E-state index in [9.17, 15) is 0 Å². The fourth-order valence-electron chi connectivity index (χ4n) is 6.83. The Balaban J connectivity index is 3.23. The van der Waals surface area contributed by atoms with Gasteiger partial charge in [-0.1, -0.05) is 252 Å². The van der Waals surface area contributed by atoms with E-state index in [2.05, 4.69) is 27.7 Å². The highest BCUT2D eigenvalue weighted by molar-refractivity contribution is 4.58. The van der Waals surface area contributed by atoms with E-state index in [1.807, 2.05) is 0 Å². The Morgan fingerprint density at radius 2 is 0.366 bits per heavy atom. The molecule has 0 heterocycles. The standard InChI is InChI=1S/C41H84/c1-5-7-9-11-13-15-17-18-19-20-21-22-24-26-29-33-37-41(4)39-35-31-27-30-34-38-40(3)36-32-28-25-23-16-14-12-10-8-6-2/h40-41H,5-39H2,1-4H3. The first-order valence-electron chi connectivity index (χ1n) is 20.2. The van der Waals surface area contributed by atoms with E-state index in [-0.39, 0.29) is 0 Å². The van der Waals surface area contributed by atoms with Crippen LogP contribution in [0.25, 0.3) is 0 Å². The van der Waals surface area contributed by atoms with Gasteiger partial charge < -0.3 is 0 Å². The molecule has 0 nitrogen and oxygen atoms in total. The van der Waals surface area contributed by atoms with Gasteiger partial charge in [-0.15, -0.1) is 0 Å². The third-order valence-corrected chi connectivity index (χ3v) is 9.99. The van der Waals surface area contributed by atoms with Crippen LogP contribution in [-0.4, -0.2) is 0 Å². The molecule has 0 aromatic rings. The molecule has 0 aliphatic carbocycles. The Kier molecular flexibility index (Phi) is 36.2. The van der Waals surface area contributed by atoms with Gasteiger partial charge in [0.05, 0.1) is 0 Å². The lowest BCUT2D eigenvalue weighted by molar-refractivity contribution is 0.416. The highest BCUT2D eigenvalue weighted by Gasteiger charge is 2.04. The molecule has 0 aliphatic rings. The summed E-state index contributed by atoms with van der Waals surface area (Å²) in [5.41, 5.74) is 0. The van der Waals surface area contributed by atoms with Gasteiger partial charge in [0.25, 0.3) is 0 Å². The largest absolute Gasteiger partial charge is 0.0654 e. The lowest BCUT2D eigenvalue weighted by Gasteiger charge is -2.12. The third-order valence-electron chi connectivity index (χ3n) is 9.99. The van der Waals surface area contributed by atoms with Crippen molar-refractivity contribution in [1.29, 1.82) is 0 Å². The number of hydrogen-bond donors (Lipinski definition) is 0. The lowest BCUT2D eigenvalue weighted by Crippen LogP contribution is -1.96. The molecule has 0 fully saturated rings. The lowest BCUT2D eigenvalue weighted by atomic mass is 9.94. The number of unbranched alkanes of at least 4 members (excludes halogenated alkanes) is 28. The van der Waals surface area contributed by atoms with Gasteiger partial charge in [-0.3, -0.25) is 0 Å². The van der Waals surface area contributed by atoms with E-state index in [4.69, 9.17) is 0 Å². The van der Waals surface area contributed by atoms with Crippen LogP contribution in [-0.2, 0) is 0 Å². The first-order chi connectivity index (χ1) is 20.2. The average Bonchev–Trinajstić information content (AvgIpc) is 2.97. The van der Waals surface area contributed by atoms with E-state index < -0.39 is 0 Å². The summed E-state index contributed by atoms with van der Waals surface area (Å²) in [7, 11) is 0. The molecule has 0 aromatic carbocycles. The topological polar surface area (TPSA) is 0 Å². The van der Waals surface area contributed by atoms with E-state index >= 15 is 0 Å². The molecular formula is C41H84. The molecule has 0 saturated carbocycles. The van der Waals surface area contributed by atoms with Crippen LogP contribution in [0.15, 0.2) is 0 Å². The first kappa shape index (κ1) is 41.0. The maximum Gasteiger partial charge on any atom is -0.0443 e. The third kappa shape index (κ3) is 36.1. The Bertz CT molecular complexity index is 439. The molecule has 0 bridgehead atoms. The summed E-state index contributed by atoms with van der Waals surface area (Å²) in [5.74, 6) is 1.92. The van der Waals surface area contributed by atoms with E-state index in [0.717, 1.165) is 11.8 Å². The van der Waals surface area contributed by atoms with Crippen LogP contribution in [0.5, 0.6) is 0 Å². The fraction of sp³-hybridized carbons (Fsp3) is 1.00. The summed E-state index contributed by atoms with van der Waals surface area (Å²) in [5, 5.41) is 0. The van der Waals surface area contributed by atoms with Crippen molar-refractivity contribution >= 4 is 0 Å². The molecule has 2 unspecified atom stereocenters. The van der Waals surface area contributed by atoms with Gasteiger partial charge >= 0.3 is 0 Å².